The minimum atomic E-state index is -0.0830. The summed E-state index contributed by atoms with van der Waals surface area (Å²) in [6, 6.07) is 3.45. The summed E-state index contributed by atoms with van der Waals surface area (Å²) in [7, 11) is 1.71. The molecule has 0 aromatic carbocycles. The van der Waals surface area contributed by atoms with Gasteiger partial charge in [-0.25, -0.2) is 9.97 Å². The zero-order valence-corrected chi connectivity index (χ0v) is 9.97. The minimum Gasteiger partial charge on any atom is -0.355 e. The highest BCUT2D eigenvalue weighted by atomic mass is 16.2. The van der Waals surface area contributed by atoms with Gasteiger partial charge in [0.05, 0.1) is 6.54 Å². The van der Waals surface area contributed by atoms with Gasteiger partial charge in [-0.1, -0.05) is 6.92 Å². The number of rotatable bonds is 5. The van der Waals surface area contributed by atoms with Gasteiger partial charge in [-0.3, -0.25) is 4.79 Å². The first kappa shape index (κ1) is 12.9. The lowest BCUT2D eigenvalue weighted by atomic mass is 10.4. The molecule has 0 unspecified atom stereocenters. The van der Waals surface area contributed by atoms with Gasteiger partial charge < -0.3 is 10.2 Å². The predicted octanol–water partition coefficient (Wildman–Crippen LogP) is 0.311. The van der Waals surface area contributed by atoms with E-state index in [0.717, 1.165) is 6.42 Å². The molecular weight excluding hydrogens is 218 g/mol. The van der Waals surface area contributed by atoms with Crippen LogP contribution in [0.3, 0.4) is 0 Å². The number of carbonyl (C=O) groups excluding carboxylic acids is 1. The van der Waals surface area contributed by atoms with Crippen molar-refractivity contribution in [3.63, 3.8) is 0 Å². The number of nitriles is 1. The average molecular weight is 233 g/mol. The summed E-state index contributed by atoms with van der Waals surface area (Å²) in [5.74, 6) is 0.288. The molecule has 1 rings (SSSR count). The molecule has 0 saturated carbocycles. The molecule has 1 aromatic heterocycles. The summed E-state index contributed by atoms with van der Waals surface area (Å²) >= 11 is 0. The SMILES string of the molecule is CCCNC(=O)CN(C)c1nccc(C#N)n1. The van der Waals surface area contributed by atoms with Crippen LogP contribution in [0.4, 0.5) is 5.95 Å². The van der Waals surface area contributed by atoms with Crippen molar-refractivity contribution in [2.75, 3.05) is 25.0 Å². The summed E-state index contributed by atoms with van der Waals surface area (Å²) in [6.45, 7) is 2.82. The Morgan fingerprint density at radius 2 is 2.41 bits per heavy atom. The summed E-state index contributed by atoms with van der Waals surface area (Å²) in [6.07, 6.45) is 2.40. The Kier molecular flexibility index (Phi) is 4.88. The second kappa shape index (κ2) is 6.43. The van der Waals surface area contributed by atoms with E-state index in [1.54, 1.807) is 11.9 Å². The van der Waals surface area contributed by atoms with Crippen LogP contribution in [0.25, 0.3) is 0 Å². The number of likely N-dealkylation sites (N-methyl/N-ethyl adjacent to an activating group) is 1. The fraction of sp³-hybridized carbons (Fsp3) is 0.455. The normalized spacial score (nSPS) is 9.47. The molecule has 0 aliphatic carbocycles. The van der Waals surface area contributed by atoms with E-state index in [4.69, 9.17) is 5.26 Å². The van der Waals surface area contributed by atoms with Gasteiger partial charge in [-0.05, 0) is 12.5 Å². The third kappa shape index (κ3) is 4.07. The standard InChI is InChI=1S/C11H15N5O/c1-3-5-13-10(17)8-16(2)11-14-6-4-9(7-12)15-11/h4,6H,3,5,8H2,1-2H3,(H,13,17). The number of aromatic nitrogens is 2. The van der Waals surface area contributed by atoms with Crippen LogP contribution in [0.1, 0.15) is 19.0 Å². The summed E-state index contributed by atoms with van der Waals surface area (Å²) < 4.78 is 0. The van der Waals surface area contributed by atoms with E-state index in [1.807, 2.05) is 13.0 Å². The van der Waals surface area contributed by atoms with Crippen molar-refractivity contribution in [1.29, 1.82) is 5.26 Å². The van der Waals surface area contributed by atoms with Gasteiger partial charge in [-0.2, -0.15) is 5.26 Å². The van der Waals surface area contributed by atoms with Crippen LogP contribution >= 0.6 is 0 Å². The Morgan fingerprint density at radius 3 is 3.06 bits per heavy atom. The molecule has 6 nitrogen and oxygen atoms in total. The molecule has 17 heavy (non-hydrogen) atoms. The second-order valence-electron chi connectivity index (χ2n) is 3.56. The monoisotopic (exact) mass is 233 g/mol. The lowest BCUT2D eigenvalue weighted by molar-refractivity contribution is -0.119. The van der Waals surface area contributed by atoms with Crippen LogP contribution < -0.4 is 10.2 Å². The first-order chi connectivity index (χ1) is 8.17. The molecule has 0 fully saturated rings. The number of nitrogens with zero attached hydrogens (tertiary/aromatic N) is 4. The summed E-state index contributed by atoms with van der Waals surface area (Å²) in [5, 5.41) is 11.5. The van der Waals surface area contributed by atoms with Gasteiger partial charge in [-0.15, -0.1) is 0 Å². The quantitative estimate of drug-likeness (QED) is 0.791. The average Bonchev–Trinajstić information content (AvgIpc) is 2.36. The molecule has 0 aliphatic heterocycles. The topological polar surface area (TPSA) is 81.9 Å². The van der Waals surface area contributed by atoms with E-state index in [9.17, 15) is 4.79 Å². The van der Waals surface area contributed by atoms with Crippen LogP contribution in [0.15, 0.2) is 12.3 Å². The maximum atomic E-state index is 11.5. The Labute approximate surface area is 100 Å². The minimum absolute atomic E-state index is 0.0830. The second-order valence-corrected chi connectivity index (χ2v) is 3.56. The number of amides is 1. The molecule has 1 N–H and O–H groups in total. The highest BCUT2D eigenvalue weighted by Gasteiger charge is 2.09. The van der Waals surface area contributed by atoms with Crippen LogP contribution in [-0.4, -0.2) is 36.0 Å². The van der Waals surface area contributed by atoms with Gasteiger partial charge in [0.15, 0.2) is 0 Å². The predicted molar refractivity (Wildman–Crippen MR) is 63.3 cm³/mol. The van der Waals surface area contributed by atoms with Gasteiger partial charge in [0.25, 0.3) is 0 Å². The maximum Gasteiger partial charge on any atom is 0.239 e. The van der Waals surface area contributed by atoms with Crippen molar-refractivity contribution >= 4 is 11.9 Å². The third-order valence-corrected chi connectivity index (χ3v) is 2.05. The van der Waals surface area contributed by atoms with Crippen LogP contribution in [-0.2, 0) is 4.79 Å². The van der Waals surface area contributed by atoms with Gasteiger partial charge >= 0.3 is 0 Å². The largest absolute Gasteiger partial charge is 0.355 e. The molecule has 0 saturated heterocycles. The highest BCUT2D eigenvalue weighted by molar-refractivity contribution is 5.80. The first-order valence-corrected chi connectivity index (χ1v) is 5.38. The van der Waals surface area contributed by atoms with Crippen LogP contribution in [0, 0.1) is 11.3 Å². The Hall–Kier alpha value is -2.16. The van der Waals surface area contributed by atoms with Crippen molar-refractivity contribution in [2.45, 2.75) is 13.3 Å². The Bertz CT molecular complexity index is 426. The fourth-order valence-corrected chi connectivity index (χ4v) is 1.20. The Morgan fingerprint density at radius 1 is 1.65 bits per heavy atom. The molecule has 0 bridgehead atoms. The number of hydrogen-bond acceptors (Lipinski definition) is 5. The van der Waals surface area contributed by atoms with Crippen molar-refractivity contribution in [3.05, 3.63) is 18.0 Å². The number of anilines is 1. The van der Waals surface area contributed by atoms with Crippen molar-refractivity contribution in [1.82, 2.24) is 15.3 Å². The molecular formula is C11H15N5O. The number of nitrogens with one attached hydrogen (secondary N) is 1. The van der Waals surface area contributed by atoms with Crippen LogP contribution in [0.2, 0.25) is 0 Å². The highest BCUT2D eigenvalue weighted by Crippen LogP contribution is 2.04. The Balaban J connectivity index is 2.60. The van der Waals surface area contributed by atoms with Gasteiger partial charge in [0, 0.05) is 19.8 Å². The van der Waals surface area contributed by atoms with E-state index in [-0.39, 0.29) is 18.1 Å². The molecule has 1 aromatic rings. The van der Waals surface area contributed by atoms with Crippen LogP contribution in [0.5, 0.6) is 0 Å². The van der Waals surface area contributed by atoms with E-state index >= 15 is 0 Å². The first-order valence-electron chi connectivity index (χ1n) is 5.38. The van der Waals surface area contributed by atoms with Crippen molar-refractivity contribution in [3.8, 4) is 6.07 Å². The molecule has 0 spiro atoms. The lowest BCUT2D eigenvalue weighted by Gasteiger charge is -2.16. The zero-order valence-electron chi connectivity index (χ0n) is 9.97. The molecule has 6 heteroatoms. The fourth-order valence-electron chi connectivity index (χ4n) is 1.20. The molecule has 0 atom stereocenters. The van der Waals surface area contributed by atoms with Crippen molar-refractivity contribution < 1.29 is 4.79 Å². The number of hydrogen-bond donors (Lipinski definition) is 1. The zero-order chi connectivity index (χ0) is 12.7. The summed E-state index contributed by atoms with van der Waals surface area (Å²) in [4.78, 5) is 21.1. The third-order valence-electron chi connectivity index (χ3n) is 2.05. The van der Waals surface area contributed by atoms with E-state index in [2.05, 4.69) is 15.3 Å². The van der Waals surface area contributed by atoms with Gasteiger partial charge in [0.1, 0.15) is 11.8 Å². The lowest BCUT2D eigenvalue weighted by Crippen LogP contribution is -2.36. The number of carbonyl (C=O) groups is 1. The van der Waals surface area contributed by atoms with Gasteiger partial charge in [0.2, 0.25) is 11.9 Å². The van der Waals surface area contributed by atoms with E-state index in [0.29, 0.717) is 12.5 Å². The smallest absolute Gasteiger partial charge is 0.239 e. The molecule has 0 aliphatic rings. The van der Waals surface area contributed by atoms with E-state index in [1.165, 1.54) is 12.3 Å². The summed E-state index contributed by atoms with van der Waals surface area (Å²) in [5.41, 5.74) is 0.288. The van der Waals surface area contributed by atoms with Crippen molar-refractivity contribution in [2.24, 2.45) is 0 Å². The molecule has 1 amide bonds. The molecule has 1 heterocycles. The maximum absolute atomic E-state index is 11.5. The molecule has 90 valence electrons. The molecule has 0 radical (unpaired) electrons. The van der Waals surface area contributed by atoms with E-state index < -0.39 is 0 Å².